The molecule has 1 aliphatic carbocycles. The molecule has 0 radical (unpaired) electrons. The quantitative estimate of drug-likeness (QED) is 0.861. The maximum absolute atomic E-state index is 11.6. The number of hydrogen-bond donors (Lipinski definition) is 1. The Morgan fingerprint density at radius 3 is 2.87 bits per heavy atom. The van der Waals surface area contributed by atoms with Gasteiger partial charge in [0, 0.05) is 15.8 Å². The molecule has 3 nitrogen and oxygen atoms in total. The van der Waals surface area contributed by atoms with Crippen LogP contribution in [-0.4, -0.2) is 10.2 Å². The second kappa shape index (κ2) is 3.17. The standard InChI is InChI=1S/C11H9BrN2O/c12-7-3-4-8-9(5-7)11(15)14-13-10(8)6-1-2-6/h3-6H,1-2H2,(H,14,15). The second-order valence-electron chi connectivity index (χ2n) is 3.90. The van der Waals surface area contributed by atoms with E-state index in [2.05, 4.69) is 26.1 Å². The van der Waals surface area contributed by atoms with Crippen molar-refractivity contribution in [2.45, 2.75) is 18.8 Å². The van der Waals surface area contributed by atoms with Crippen molar-refractivity contribution in [2.75, 3.05) is 0 Å². The molecule has 0 bridgehead atoms. The SMILES string of the molecule is O=c1[nH]nc(C2CC2)c2ccc(Br)cc12. The maximum atomic E-state index is 11.6. The van der Waals surface area contributed by atoms with Crippen molar-refractivity contribution in [3.05, 3.63) is 38.7 Å². The Bertz CT molecular complexity index is 587. The molecule has 0 spiro atoms. The minimum Gasteiger partial charge on any atom is -0.267 e. The summed E-state index contributed by atoms with van der Waals surface area (Å²) in [4.78, 5) is 11.6. The lowest BCUT2D eigenvalue weighted by Crippen LogP contribution is -2.10. The van der Waals surface area contributed by atoms with E-state index in [1.807, 2.05) is 18.2 Å². The minimum absolute atomic E-state index is 0.115. The zero-order chi connectivity index (χ0) is 10.4. The number of benzene rings is 1. The highest BCUT2D eigenvalue weighted by Gasteiger charge is 2.27. The Balaban J connectivity index is 2.39. The molecule has 1 saturated carbocycles. The molecule has 1 heterocycles. The topological polar surface area (TPSA) is 45.8 Å². The van der Waals surface area contributed by atoms with Crippen LogP contribution in [0.3, 0.4) is 0 Å². The van der Waals surface area contributed by atoms with Gasteiger partial charge in [0.1, 0.15) is 0 Å². The van der Waals surface area contributed by atoms with Crippen molar-refractivity contribution in [2.24, 2.45) is 0 Å². The third kappa shape index (κ3) is 1.49. The summed E-state index contributed by atoms with van der Waals surface area (Å²) in [7, 11) is 0. The Hall–Kier alpha value is -1.16. The van der Waals surface area contributed by atoms with Gasteiger partial charge < -0.3 is 0 Å². The predicted octanol–water partition coefficient (Wildman–Crippen LogP) is 2.56. The second-order valence-corrected chi connectivity index (χ2v) is 4.82. The van der Waals surface area contributed by atoms with E-state index >= 15 is 0 Å². The van der Waals surface area contributed by atoms with Crippen LogP contribution in [0.2, 0.25) is 0 Å². The normalized spacial score (nSPS) is 15.8. The molecule has 0 aliphatic heterocycles. The number of nitrogens with zero attached hydrogens (tertiary/aromatic N) is 1. The van der Waals surface area contributed by atoms with Crippen LogP contribution in [-0.2, 0) is 0 Å². The van der Waals surface area contributed by atoms with Gasteiger partial charge in [0.25, 0.3) is 5.56 Å². The van der Waals surface area contributed by atoms with Crippen LogP contribution in [0.25, 0.3) is 10.8 Å². The van der Waals surface area contributed by atoms with E-state index < -0.39 is 0 Å². The molecular weight excluding hydrogens is 256 g/mol. The first kappa shape index (κ1) is 9.09. The smallest absolute Gasteiger partial charge is 0.267 e. The number of nitrogens with one attached hydrogen (secondary N) is 1. The van der Waals surface area contributed by atoms with Gasteiger partial charge in [-0.05, 0) is 25.0 Å². The van der Waals surface area contributed by atoms with E-state index in [1.54, 1.807) is 0 Å². The van der Waals surface area contributed by atoms with E-state index in [-0.39, 0.29) is 5.56 Å². The molecule has 0 atom stereocenters. The number of fused-ring (bicyclic) bond motifs is 1. The summed E-state index contributed by atoms with van der Waals surface area (Å²) in [6, 6.07) is 5.77. The molecule has 76 valence electrons. The molecule has 1 aromatic heterocycles. The van der Waals surface area contributed by atoms with Crippen molar-refractivity contribution < 1.29 is 0 Å². The van der Waals surface area contributed by atoms with Crippen LogP contribution in [0, 0.1) is 0 Å². The van der Waals surface area contributed by atoms with Gasteiger partial charge in [0.05, 0.1) is 11.1 Å². The van der Waals surface area contributed by atoms with Crippen LogP contribution in [0.5, 0.6) is 0 Å². The average molecular weight is 265 g/mol. The van der Waals surface area contributed by atoms with Crippen molar-refractivity contribution in [1.82, 2.24) is 10.2 Å². The highest BCUT2D eigenvalue weighted by molar-refractivity contribution is 9.10. The first-order chi connectivity index (χ1) is 7.25. The zero-order valence-electron chi connectivity index (χ0n) is 7.96. The third-order valence-electron chi connectivity index (χ3n) is 2.74. The molecule has 1 aliphatic rings. The Kier molecular flexibility index (Phi) is 1.92. The molecule has 1 N–H and O–H groups in total. The largest absolute Gasteiger partial charge is 0.272 e. The lowest BCUT2D eigenvalue weighted by Gasteiger charge is -2.03. The van der Waals surface area contributed by atoms with E-state index in [0.717, 1.165) is 20.9 Å². The predicted molar refractivity (Wildman–Crippen MR) is 62.0 cm³/mol. The van der Waals surface area contributed by atoms with Crippen LogP contribution in [0.1, 0.15) is 24.5 Å². The molecular formula is C11H9BrN2O. The van der Waals surface area contributed by atoms with Crippen molar-refractivity contribution in [3.8, 4) is 0 Å². The number of hydrogen-bond acceptors (Lipinski definition) is 2. The molecule has 15 heavy (non-hydrogen) atoms. The molecule has 0 saturated heterocycles. The molecule has 1 fully saturated rings. The third-order valence-corrected chi connectivity index (χ3v) is 3.24. The molecule has 4 heteroatoms. The lowest BCUT2D eigenvalue weighted by atomic mass is 10.1. The molecule has 0 amide bonds. The Labute approximate surface area is 94.6 Å². The van der Waals surface area contributed by atoms with Gasteiger partial charge in [-0.25, -0.2) is 5.10 Å². The maximum Gasteiger partial charge on any atom is 0.272 e. The average Bonchev–Trinajstić information content (AvgIpc) is 3.03. The van der Waals surface area contributed by atoms with Gasteiger partial charge in [-0.1, -0.05) is 22.0 Å². The molecule has 2 aromatic rings. The molecule has 1 aromatic carbocycles. The van der Waals surface area contributed by atoms with Crippen LogP contribution in [0.4, 0.5) is 0 Å². The van der Waals surface area contributed by atoms with E-state index in [1.165, 1.54) is 12.8 Å². The Morgan fingerprint density at radius 2 is 2.13 bits per heavy atom. The Morgan fingerprint density at radius 1 is 1.33 bits per heavy atom. The summed E-state index contributed by atoms with van der Waals surface area (Å²) < 4.78 is 0.924. The van der Waals surface area contributed by atoms with Gasteiger partial charge in [0.2, 0.25) is 0 Å². The van der Waals surface area contributed by atoms with E-state index in [9.17, 15) is 4.79 Å². The van der Waals surface area contributed by atoms with E-state index in [4.69, 9.17) is 0 Å². The number of H-pyrrole nitrogens is 1. The van der Waals surface area contributed by atoms with Crippen LogP contribution >= 0.6 is 15.9 Å². The van der Waals surface area contributed by atoms with Gasteiger partial charge >= 0.3 is 0 Å². The number of aromatic nitrogens is 2. The van der Waals surface area contributed by atoms with Crippen molar-refractivity contribution in [3.63, 3.8) is 0 Å². The van der Waals surface area contributed by atoms with Crippen molar-refractivity contribution in [1.29, 1.82) is 0 Å². The van der Waals surface area contributed by atoms with Crippen LogP contribution < -0.4 is 5.56 Å². The fraction of sp³-hybridized carbons (Fsp3) is 0.273. The summed E-state index contributed by atoms with van der Waals surface area (Å²) >= 11 is 3.37. The van der Waals surface area contributed by atoms with E-state index in [0.29, 0.717) is 5.92 Å². The number of aromatic amines is 1. The lowest BCUT2D eigenvalue weighted by molar-refractivity contribution is 0.911. The van der Waals surface area contributed by atoms with Crippen molar-refractivity contribution >= 4 is 26.7 Å². The van der Waals surface area contributed by atoms with Gasteiger partial charge in [0.15, 0.2) is 0 Å². The number of rotatable bonds is 1. The minimum atomic E-state index is -0.115. The monoisotopic (exact) mass is 264 g/mol. The summed E-state index contributed by atoms with van der Waals surface area (Å²) in [5, 5.41) is 8.42. The summed E-state index contributed by atoms with van der Waals surface area (Å²) in [6.45, 7) is 0. The van der Waals surface area contributed by atoms with Gasteiger partial charge in [-0.2, -0.15) is 5.10 Å². The molecule has 0 unspecified atom stereocenters. The summed E-state index contributed by atoms with van der Waals surface area (Å²) in [5.41, 5.74) is 0.924. The fourth-order valence-electron chi connectivity index (χ4n) is 1.83. The highest BCUT2D eigenvalue weighted by atomic mass is 79.9. The van der Waals surface area contributed by atoms with Crippen LogP contribution in [0.15, 0.2) is 27.5 Å². The van der Waals surface area contributed by atoms with Gasteiger partial charge in [-0.15, -0.1) is 0 Å². The number of halogens is 1. The fourth-order valence-corrected chi connectivity index (χ4v) is 2.19. The zero-order valence-corrected chi connectivity index (χ0v) is 9.54. The highest BCUT2D eigenvalue weighted by Crippen LogP contribution is 2.41. The molecule has 3 rings (SSSR count). The summed E-state index contributed by atoms with van der Waals surface area (Å²) in [6.07, 6.45) is 2.37. The first-order valence-electron chi connectivity index (χ1n) is 4.93. The summed E-state index contributed by atoms with van der Waals surface area (Å²) in [5.74, 6) is 0.547. The first-order valence-corrected chi connectivity index (χ1v) is 5.73. The van der Waals surface area contributed by atoms with Gasteiger partial charge in [-0.3, -0.25) is 4.79 Å².